The molecule has 0 amide bonds. The van der Waals surface area contributed by atoms with Crippen LogP contribution in [0.15, 0.2) is 46.9 Å². The van der Waals surface area contributed by atoms with E-state index in [-0.39, 0.29) is 6.61 Å². The van der Waals surface area contributed by atoms with Crippen LogP contribution in [0.1, 0.15) is 5.69 Å². The maximum atomic E-state index is 6.47. The van der Waals surface area contributed by atoms with Gasteiger partial charge in [-0.05, 0) is 46.3 Å². The first-order valence-electron chi connectivity index (χ1n) is 7.21. The Balaban J connectivity index is 1.90. The van der Waals surface area contributed by atoms with E-state index >= 15 is 0 Å². The van der Waals surface area contributed by atoms with Gasteiger partial charge in [0.05, 0.1) is 34.9 Å². The smallest absolute Gasteiger partial charge is 0.131 e. The van der Waals surface area contributed by atoms with Crippen LogP contribution in [0.2, 0.25) is 5.02 Å². The minimum absolute atomic E-state index is 0.287. The van der Waals surface area contributed by atoms with E-state index in [1.165, 1.54) is 0 Å². The zero-order chi connectivity index (χ0) is 17.1. The van der Waals surface area contributed by atoms with E-state index in [2.05, 4.69) is 20.9 Å². The lowest BCUT2D eigenvalue weighted by molar-refractivity contribution is 0.298. The summed E-state index contributed by atoms with van der Waals surface area (Å²) in [6.07, 6.45) is 0. The molecule has 0 unspecified atom stereocenters. The van der Waals surface area contributed by atoms with Gasteiger partial charge in [0.15, 0.2) is 0 Å². The van der Waals surface area contributed by atoms with Crippen LogP contribution in [0.25, 0.3) is 10.9 Å². The van der Waals surface area contributed by atoms with E-state index in [4.69, 9.17) is 25.8 Å². The number of methoxy groups -OCH3 is 2. The van der Waals surface area contributed by atoms with E-state index in [0.717, 1.165) is 28.1 Å². The number of ether oxygens (including phenoxy) is 3. The number of fused-ring (bicyclic) bond motifs is 1. The molecule has 1 aromatic heterocycles. The first kappa shape index (κ1) is 16.9. The molecule has 0 saturated heterocycles. The van der Waals surface area contributed by atoms with E-state index < -0.39 is 0 Å². The summed E-state index contributed by atoms with van der Waals surface area (Å²) in [4.78, 5) is 4.63. The Morgan fingerprint density at radius 1 is 1.00 bits per heavy atom. The van der Waals surface area contributed by atoms with Gasteiger partial charge in [-0.1, -0.05) is 17.7 Å². The van der Waals surface area contributed by atoms with Crippen LogP contribution in [0, 0.1) is 0 Å². The highest BCUT2D eigenvalue weighted by molar-refractivity contribution is 9.10. The monoisotopic (exact) mass is 407 g/mol. The first-order valence-corrected chi connectivity index (χ1v) is 8.38. The quantitative estimate of drug-likeness (QED) is 0.578. The van der Waals surface area contributed by atoms with Gasteiger partial charge < -0.3 is 14.2 Å². The summed E-state index contributed by atoms with van der Waals surface area (Å²) in [5, 5.41) is 1.41. The molecule has 4 nitrogen and oxygen atoms in total. The van der Waals surface area contributed by atoms with Crippen LogP contribution in [0.3, 0.4) is 0 Å². The van der Waals surface area contributed by atoms with E-state index in [9.17, 15) is 0 Å². The number of aromatic nitrogens is 1. The molecule has 0 aliphatic rings. The summed E-state index contributed by atoms with van der Waals surface area (Å²) in [6, 6.07) is 13.0. The van der Waals surface area contributed by atoms with Crippen molar-refractivity contribution in [3.8, 4) is 17.2 Å². The molecule has 0 aliphatic carbocycles. The standard InChI is InChI=1S/C18H15BrClNO3/c1-22-11-4-3-5-13(8-11)24-10-16-17(19)18(20)14-9-12(23-2)6-7-15(14)21-16/h3-9H,10H2,1-2H3. The molecule has 1 heterocycles. The molecule has 124 valence electrons. The van der Waals surface area contributed by atoms with Crippen molar-refractivity contribution in [2.75, 3.05) is 14.2 Å². The van der Waals surface area contributed by atoms with Crippen molar-refractivity contribution >= 4 is 38.4 Å². The summed E-state index contributed by atoms with van der Waals surface area (Å²) in [7, 11) is 3.24. The van der Waals surface area contributed by atoms with E-state index in [1.54, 1.807) is 14.2 Å². The molecule has 0 fully saturated rings. The van der Waals surface area contributed by atoms with Crippen LogP contribution >= 0.6 is 27.5 Å². The number of hydrogen-bond acceptors (Lipinski definition) is 4. The van der Waals surface area contributed by atoms with Gasteiger partial charge in [-0.25, -0.2) is 4.98 Å². The molecule has 6 heteroatoms. The van der Waals surface area contributed by atoms with Gasteiger partial charge in [-0.3, -0.25) is 0 Å². The lowest BCUT2D eigenvalue weighted by Crippen LogP contribution is -2.01. The van der Waals surface area contributed by atoms with Gasteiger partial charge >= 0.3 is 0 Å². The fourth-order valence-corrected chi connectivity index (χ4v) is 2.97. The number of benzene rings is 2. The molecule has 0 saturated carbocycles. The van der Waals surface area contributed by atoms with Gasteiger partial charge in [0, 0.05) is 11.5 Å². The molecule has 24 heavy (non-hydrogen) atoms. The third kappa shape index (κ3) is 3.42. The molecule has 2 aromatic carbocycles. The van der Waals surface area contributed by atoms with Crippen molar-refractivity contribution in [2.45, 2.75) is 6.61 Å². The Kier molecular flexibility index (Phi) is 5.11. The fraction of sp³-hybridized carbons (Fsp3) is 0.167. The average Bonchev–Trinajstić information content (AvgIpc) is 2.63. The van der Waals surface area contributed by atoms with Crippen LogP contribution < -0.4 is 14.2 Å². The Bertz CT molecular complexity index is 886. The Hall–Kier alpha value is -1.98. The van der Waals surface area contributed by atoms with Gasteiger partial charge in [0.2, 0.25) is 0 Å². The van der Waals surface area contributed by atoms with Crippen molar-refractivity contribution in [3.05, 3.63) is 57.7 Å². The van der Waals surface area contributed by atoms with Crippen molar-refractivity contribution in [2.24, 2.45) is 0 Å². The zero-order valence-corrected chi connectivity index (χ0v) is 15.5. The number of hydrogen-bond donors (Lipinski definition) is 0. The number of rotatable bonds is 5. The number of halogens is 2. The minimum atomic E-state index is 0.287. The summed E-state index contributed by atoms with van der Waals surface area (Å²) in [6.45, 7) is 0.287. The van der Waals surface area contributed by atoms with Gasteiger partial charge in [0.25, 0.3) is 0 Å². The maximum Gasteiger partial charge on any atom is 0.131 e. The Morgan fingerprint density at radius 2 is 1.71 bits per heavy atom. The largest absolute Gasteiger partial charge is 0.497 e. The molecule has 0 aliphatic heterocycles. The van der Waals surface area contributed by atoms with Crippen LogP contribution in [-0.2, 0) is 6.61 Å². The van der Waals surface area contributed by atoms with Crippen molar-refractivity contribution in [1.82, 2.24) is 4.98 Å². The Morgan fingerprint density at radius 3 is 2.46 bits per heavy atom. The highest BCUT2D eigenvalue weighted by Gasteiger charge is 2.13. The van der Waals surface area contributed by atoms with Crippen LogP contribution in [0.4, 0.5) is 0 Å². The molecule has 3 aromatic rings. The second-order valence-electron chi connectivity index (χ2n) is 5.04. The molecule has 0 spiro atoms. The molecule has 0 bridgehead atoms. The minimum Gasteiger partial charge on any atom is -0.497 e. The second kappa shape index (κ2) is 7.28. The van der Waals surface area contributed by atoms with E-state index in [0.29, 0.717) is 15.2 Å². The van der Waals surface area contributed by atoms with E-state index in [1.807, 2.05) is 42.5 Å². The molecular weight excluding hydrogens is 394 g/mol. The second-order valence-corrected chi connectivity index (χ2v) is 6.21. The third-order valence-corrected chi connectivity index (χ3v) is 5.03. The van der Waals surface area contributed by atoms with Crippen molar-refractivity contribution in [3.63, 3.8) is 0 Å². The van der Waals surface area contributed by atoms with Crippen LogP contribution in [0.5, 0.6) is 17.2 Å². The lowest BCUT2D eigenvalue weighted by Gasteiger charge is -2.12. The SMILES string of the molecule is COc1cccc(OCc2nc3ccc(OC)cc3c(Cl)c2Br)c1. The van der Waals surface area contributed by atoms with Gasteiger partial charge in [0.1, 0.15) is 23.9 Å². The maximum absolute atomic E-state index is 6.47. The predicted molar refractivity (Wildman–Crippen MR) is 98.3 cm³/mol. The fourth-order valence-electron chi connectivity index (χ4n) is 2.29. The lowest BCUT2D eigenvalue weighted by atomic mass is 10.2. The number of nitrogens with zero attached hydrogens (tertiary/aromatic N) is 1. The summed E-state index contributed by atoms with van der Waals surface area (Å²) in [5.74, 6) is 2.18. The Labute approximate surface area is 153 Å². The normalized spacial score (nSPS) is 10.7. The average molecular weight is 409 g/mol. The summed E-state index contributed by atoms with van der Waals surface area (Å²) in [5.41, 5.74) is 1.51. The molecule has 0 atom stereocenters. The highest BCUT2D eigenvalue weighted by Crippen LogP contribution is 2.34. The topological polar surface area (TPSA) is 40.6 Å². The predicted octanol–water partition coefficient (Wildman–Crippen LogP) is 5.25. The van der Waals surface area contributed by atoms with Crippen LogP contribution in [-0.4, -0.2) is 19.2 Å². The highest BCUT2D eigenvalue weighted by atomic mass is 79.9. The zero-order valence-electron chi connectivity index (χ0n) is 13.2. The summed E-state index contributed by atoms with van der Waals surface area (Å²) >= 11 is 9.98. The van der Waals surface area contributed by atoms with Gasteiger partial charge in [-0.2, -0.15) is 0 Å². The third-order valence-electron chi connectivity index (χ3n) is 3.56. The van der Waals surface area contributed by atoms with Gasteiger partial charge in [-0.15, -0.1) is 0 Å². The number of pyridine rings is 1. The molecule has 0 radical (unpaired) electrons. The molecular formula is C18H15BrClNO3. The van der Waals surface area contributed by atoms with Crippen molar-refractivity contribution in [1.29, 1.82) is 0 Å². The summed E-state index contributed by atoms with van der Waals surface area (Å²) < 4.78 is 17.0. The first-order chi connectivity index (χ1) is 11.6. The molecule has 0 N–H and O–H groups in total. The molecule has 3 rings (SSSR count). The van der Waals surface area contributed by atoms with Crippen molar-refractivity contribution < 1.29 is 14.2 Å².